The first-order chi connectivity index (χ1) is 20.5. The van der Waals surface area contributed by atoms with Gasteiger partial charge < -0.3 is 9.30 Å². The molecule has 42 heavy (non-hydrogen) atoms. The van der Waals surface area contributed by atoms with E-state index >= 15 is 0 Å². The van der Waals surface area contributed by atoms with E-state index in [4.69, 9.17) is 4.74 Å². The molecule has 6 rings (SSSR count). The Labute approximate surface area is 247 Å². The van der Waals surface area contributed by atoms with E-state index in [1.165, 1.54) is 4.90 Å². The van der Waals surface area contributed by atoms with Crippen LogP contribution in [0.2, 0.25) is 0 Å². The van der Waals surface area contributed by atoms with Gasteiger partial charge in [0.05, 0.1) is 34.2 Å². The first kappa shape index (κ1) is 27.1. The molecule has 1 fully saturated rings. The van der Waals surface area contributed by atoms with E-state index in [1.54, 1.807) is 49.4 Å². The van der Waals surface area contributed by atoms with E-state index in [-0.39, 0.29) is 17.1 Å². The first-order valence-electron chi connectivity index (χ1n) is 13.5. The number of para-hydroxylation sites is 1. The first-order valence-corrected chi connectivity index (χ1v) is 14.3. The summed E-state index contributed by atoms with van der Waals surface area (Å²) in [6.45, 7) is 2.08. The predicted molar refractivity (Wildman–Crippen MR) is 167 cm³/mol. The fourth-order valence-electron chi connectivity index (χ4n) is 4.99. The van der Waals surface area contributed by atoms with Crippen LogP contribution in [0.25, 0.3) is 34.3 Å². The molecule has 4 aromatic carbocycles. The number of ether oxygens (including phenoxy) is 1. The van der Waals surface area contributed by atoms with Crippen LogP contribution in [0.15, 0.2) is 126 Å². The maximum Gasteiger partial charge on any atom is 0.338 e. The van der Waals surface area contributed by atoms with Crippen LogP contribution >= 0.6 is 11.8 Å². The van der Waals surface area contributed by atoms with Gasteiger partial charge in [-0.15, -0.1) is 0 Å². The molecule has 6 nitrogen and oxygen atoms in total. The summed E-state index contributed by atoms with van der Waals surface area (Å²) in [4.78, 5) is 40.4. The summed E-state index contributed by atoms with van der Waals surface area (Å²) in [5, 5.41) is -0.337. The Bertz CT molecular complexity index is 1800. The van der Waals surface area contributed by atoms with Crippen molar-refractivity contribution in [1.82, 2.24) is 4.57 Å². The van der Waals surface area contributed by atoms with E-state index < -0.39 is 0 Å². The van der Waals surface area contributed by atoms with Gasteiger partial charge in [0, 0.05) is 11.3 Å². The third kappa shape index (κ3) is 5.18. The lowest BCUT2D eigenvalue weighted by molar-refractivity contribution is -0.113. The van der Waals surface area contributed by atoms with Crippen molar-refractivity contribution in [3.63, 3.8) is 0 Å². The summed E-state index contributed by atoms with van der Waals surface area (Å²) in [5.74, 6) is -0.735. The van der Waals surface area contributed by atoms with Gasteiger partial charge in [-0.05, 0) is 78.4 Å². The second-order valence-electron chi connectivity index (χ2n) is 9.52. The number of hydrogen-bond acceptors (Lipinski definition) is 5. The van der Waals surface area contributed by atoms with Crippen LogP contribution in [0.1, 0.15) is 22.8 Å². The van der Waals surface area contributed by atoms with Crippen molar-refractivity contribution in [3.05, 3.63) is 137 Å². The number of anilines is 1. The van der Waals surface area contributed by atoms with Crippen LogP contribution in [0.5, 0.6) is 0 Å². The second kappa shape index (κ2) is 11.8. The van der Waals surface area contributed by atoms with Gasteiger partial charge in [0.25, 0.3) is 11.1 Å². The van der Waals surface area contributed by atoms with Gasteiger partial charge >= 0.3 is 5.97 Å². The highest BCUT2D eigenvalue weighted by Crippen LogP contribution is 2.41. The quantitative estimate of drug-likeness (QED) is 0.146. The average molecular weight is 571 g/mol. The highest BCUT2D eigenvalue weighted by Gasteiger charge is 2.36. The van der Waals surface area contributed by atoms with Crippen molar-refractivity contribution in [1.29, 1.82) is 0 Å². The number of hydrogen-bond donors (Lipinski definition) is 0. The van der Waals surface area contributed by atoms with Crippen LogP contribution in [-0.4, -0.2) is 28.3 Å². The molecule has 2 amide bonds. The van der Waals surface area contributed by atoms with Gasteiger partial charge in [-0.1, -0.05) is 78.9 Å². The largest absolute Gasteiger partial charge is 0.462 e. The molecule has 2 heterocycles. The number of thioether (sulfide) groups is 1. The van der Waals surface area contributed by atoms with Gasteiger partial charge in [0.15, 0.2) is 0 Å². The molecule has 0 unspecified atom stereocenters. The smallest absolute Gasteiger partial charge is 0.338 e. The molecule has 0 bridgehead atoms. The maximum absolute atomic E-state index is 13.5. The van der Waals surface area contributed by atoms with Crippen molar-refractivity contribution in [3.8, 4) is 28.2 Å². The number of amides is 2. The zero-order chi connectivity index (χ0) is 29.1. The molecule has 1 aromatic heterocycles. The number of imide groups is 1. The number of aromatic nitrogens is 1. The van der Waals surface area contributed by atoms with Crippen LogP contribution < -0.4 is 4.90 Å². The maximum atomic E-state index is 13.5. The lowest BCUT2D eigenvalue weighted by Gasteiger charge is -2.15. The molecule has 1 aliphatic heterocycles. The van der Waals surface area contributed by atoms with Crippen molar-refractivity contribution < 1.29 is 19.1 Å². The minimum atomic E-state index is -0.377. The molecule has 1 aliphatic rings. The average Bonchev–Trinajstić information content (AvgIpc) is 3.54. The number of rotatable bonds is 7. The number of carbonyl (C=O) groups is 3. The van der Waals surface area contributed by atoms with Gasteiger partial charge in [-0.25, -0.2) is 9.69 Å². The molecule has 0 atom stereocenters. The van der Waals surface area contributed by atoms with E-state index in [1.807, 2.05) is 84.9 Å². The van der Waals surface area contributed by atoms with Crippen molar-refractivity contribution in [2.75, 3.05) is 11.5 Å². The Morgan fingerprint density at radius 2 is 1.36 bits per heavy atom. The SMILES string of the molecule is CCOC(=O)c1ccc(-n2c(-c3ccccc3)cc(C=C3SC(=O)N(c4ccccc4)C3=O)c2-c2ccccc2)cc1. The topological polar surface area (TPSA) is 68.6 Å². The molecule has 206 valence electrons. The minimum Gasteiger partial charge on any atom is -0.462 e. The molecule has 0 saturated carbocycles. The Kier molecular flexibility index (Phi) is 7.58. The molecule has 5 aromatic rings. The number of nitrogens with zero attached hydrogens (tertiary/aromatic N) is 2. The highest BCUT2D eigenvalue weighted by molar-refractivity contribution is 8.19. The molecule has 0 radical (unpaired) electrons. The second-order valence-corrected chi connectivity index (χ2v) is 10.5. The summed E-state index contributed by atoms with van der Waals surface area (Å²) in [6, 6.07) is 38.1. The van der Waals surface area contributed by atoms with Gasteiger partial charge in [-0.3, -0.25) is 9.59 Å². The molecule has 7 heteroatoms. The van der Waals surface area contributed by atoms with Gasteiger partial charge in [0.2, 0.25) is 0 Å². The van der Waals surface area contributed by atoms with E-state index in [2.05, 4.69) is 4.57 Å². The van der Waals surface area contributed by atoms with Gasteiger partial charge in [0.1, 0.15) is 0 Å². The van der Waals surface area contributed by atoms with Crippen LogP contribution in [-0.2, 0) is 9.53 Å². The van der Waals surface area contributed by atoms with Crippen molar-refractivity contribution in [2.45, 2.75) is 6.92 Å². The Hall–Kier alpha value is -5.14. The summed E-state index contributed by atoms with van der Waals surface area (Å²) >= 11 is 0.930. The zero-order valence-electron chi connectivity index (χ0n) is 22.8. The third-order valence-corrected chi connectivity index (χ3v) is 7.75. The summed E-state index contributed by atoms with van der Waals surface area (Å²) in [7, 11) is 0. The Balaban J connectivity index is 1.54. The van der Waals surface area contributed by atoms with E-state index in [9.17, 15) is 14.4 Å². The monoisotopic (exact) mass is 570 g/mol. The third-order valence-electron chi connectivity index (χ3n) is 6.88. The number of carbonyl (C=O) groups excluding carboxylic acids is 3. The standard InChI is InChI=1S/C35H26N2O4S/c1-2-41-34(39)26-18-20-29(21-19-26)36-30(24-12-6-3-7-13-24)22-27(32(36)25-14-8-4-9-15-25)23-31-33(38)37(35(40)42-31)28-16-10-5-11-17-28/h3-23H,2H2,1H3. The Morgan fingerprint density at radius 3 is 1.98 bits per heavy atom. The summed E-state index contributed by atoms with van der Waals surface area (Å²) < 4.78 is 7.30. The highest BCUT2D eigenvalue weighted by atomic mass is 32.2. The van der Waals surface area contributed by atoms with Crippen molar-refractivity contribution >= 4 is 40.6 Å². The van der Waals surface area contributed by atoms with Crippen LogP contribution in [0.4, 0.5) is 10.5 Å². The molecular formula is C35H26N2O4S. The Morgan fingerprint density at radius 1 is 0.762 bits per heavy atom. The van der Waals surface area contributed by atoms with Crippen LogP contribution in [0, 0.1) is 0 Å². The fourth-order valence-corrected chi connectivity index (χ4v) is 5.82. The lowest BCUT2D eigenvalue weighted by Crippen LogP contribution is -2.27. The van der Waals surface area contributed by atoms with Crippen LogP contribution in [0.3, 0.4) is 0 Å². The molecule has 1 saturated heterocycles. The van der Waals surface area contributed by atoms with E-state index in [0.717, 1.165) is 45.5 Å². The summed E-state index contributed by atoms with van der Waals surface area (Å²) in [6.07, 6.45) is 1.80. The van der Waals surface area contributed by atoms with E-state index in [0.29, 0.717) is 22.8 Å². The number of benzene rings is 4. The predicted octanol–water partition coefficient (Wildman–Crippen LogP) is 8.23. The molecule has 0 aliphatic carbocycles. The fraction of sp³-hybridized carbons (Fsp3) is 0.0571. The van der Waals surface area contributed by atoms with Crippen molar-refractivity contribution in [2.24, 2.45) is 0 Å². The minimum absolute atomic E-state index is 0.299. The molecule has 0 N–H and O–H groups in total. The normalized spacial score (nSPS) is 14.0. The molecule has 0 spiro atoms. The lowest BCUT2D eigenvalue weighted by atomic mass is 10.1. The summed E-state index contributed by atoms with van der Waals surface area (Å²) in [5.41, 5.74) is 6.27. The molecular weight excluding hydrogens is 544 g/mol. The van der Waals surface area contributed by atoms with Gasteiger partial charge in [-0.2, -0.15) is 0 Å². The zero-order valence-corrected chi connectivity index (χ0v) is 23.6. The number of esters is 1.